The molecule has 8 rings (SSSR count). The summed E-state index contributed by atoms with van der Waals surface area (Å²) >= 11 is 0. The molecule has 4 saturated heterocycles. The molecule has 306 valence electrons. The predicted molar refractivity (Wildman–Crippen MR) is 211 cm³/mol. The Balaban J connectivity index is 0.949. The molecule has 16 heteroatoms. The van der Waals surface area contributed by atoms with Crippen LogP contribution in [0.4, 0.5) is 9.59 Å². The molecule has 4 aromatic rings. The number of benzene rings is 2. The second-order valence-corrected chi connectivity index (χ2v) is 15.8. The zero-order chi connectivity index (χ0) is 40.6. The zero-order valence-corrected chi connectivity index (χ0v) is 33.2. The summed E-state index contributed by atoms with van der Waals surface area (Å²) in [4.78, 5) is 71.6. The van der Waals surface area contributed by atoms with Crippen molar-refractivity contribution in [3.8, 4) is 33.6 Å². The van der Waals surface area contributed by atoms with E-state index >= 15 is 0 Å². The number of H-pyrrole nitrogens is 2. The number of likely N-dealkylation sites (tertiary alicyclic amines) is 1. The lowest BCUT2D eigenvalue weighted by Crippen LogP contribution is -2.52. The van der Waals surface area contributed by atoms with Crippen molar-refractivity contribution in [3.05, 3.63) is 72.6 Å². The Kier molecular flexibility index (Phi) is 11.0. The van der Waals surface area contributed by atoms with Gasteiger partial charge < -0.3 is 49.3 Å². The van der Waals surface area contributed by atoms with Crippen LogP contribution >= 0.6 is 0 Å². The van der Waals surface area contributed by atoms with E-state index in [-0.39, 0.29) is 36.4 Å². The maximum absolute atomic E-state index is 14.0. The van der Waals surface area contributed by atoms with E-state index < -0.39 is 36.1 Å². The molecule has 0 aliphatic carbocycles. The lowest BCUT2D eigenvalue weighted by Gasteiger charge is -2.30. The fraction of sp³-hybridized carbons (Fsp3) is 0.476. The average molecular weight is 795 g/mol. The first-order chi connectivity index (χ1) is 28.1. The first-order valence-electron chi connectivity index (χ1n) is 20.0. The number of hydrogen-bond acceptors (Lipinski definition) is 10. The van der Waals surface area contributed by atoms with Crippen molar-refractivity contribution in [2.75, 3.05) is 34.0 Å². The number of ether oxygens (including phenoxy) is 4. The number of imidazole rings is 2. The molecule has 4 aliphatic heterocycles. The Hall–Kier alpha value is -5.74. The van der Waals surface area contributed by atoms with Crippen LogP contribution in [0.3, 0.4) is 0 Å². The summed E-state index contributed by atoms with van der Waals surface area (Å²) < 4.78 is 21.6. The molecular weight excluding hydrogens is 745 g/mol. The molecular formula is C42H50N8O8. The molecule has 16 nitrogen and oxygen atoms in total. The van der Waals surface area contributed by atoms with Gasteiger partial charge in [-0.2, -0.15) is 0 Å². The molecule has 4 aliphatic rings. The first kappa shape index (κ1) is 39.1. The normalized spacial score (nSPS) is 23.2. The fourth-order valence-corrected chi connectivity index (χ4v) is 8.85. The summed E-state index contributed by atoms with van der Waals surface area (Å²) in [5, 5.41) is 5.41. The van der Waals surface area contributed by atoms with Crippen LogP contribution in [-0.4, -0.2) is 112 Å². The topological polar surface area (TPSA) is 193 Å². The van der Waals surface area contributed by atoms with Crippen LogP contribution in [0.15, 0.2) is 60.9 Å². The van der Waals surface area contributed by atoms with Gasteiger partial charge >= 0.3 is 12.2 Å². The molecule has 0 unspecified atom stereocenters. The fourth-order valence-electron chi connectivity index (χ4n) is 8.85. The largest absolute Gasteiger partial charge is 0.453 e. The second kappa shape index (κ2) is 16.3. The molecule has 4 fully saturated rings. The van der Waals surface area contributed by atoms with E-state index in [9.17, 15) is 19.2 Å². The van der Waals surface area contributed by atoms with E-state index in [4.69, 9.17) is 28.9 Å². The molecule has 0 saturated carbocycles. The number of aromatic nitrogens is 4. The highest BCUT2D eigenvalue weighted by Crippen LogP contribution is 2.43. The predicted octanol–water partition coefficient (Wildman–Crippen LogP) is 5.47. The van der Waals surface area contributed by atoms with Gasteiger partial charge in [-0.25, -0.2) is 19.6 Å². The number of fused-ring (bicyclic) bond motifs is 1. The minimum atomic E-state index is -0.931. The first-order valence-corrected chi connectivity index (χ1v) is 20.0. The van der Waals surface area contributed by atoms with Gasteiger partial charge in [0.1, 0.15) is 23.7 Å². The molecule has 0 bridgehead atoms. The average Bonchev–Trinajstić information content (AvgIpc) is 4.10. The number of nitrogens with zero attached hydrogens (tertiary/aromatic N) is 4. The van der Waals surface area contributed by atoms with Crippen LogP contribution in [0.1, 0.15) is 76.1 Å². The third kappa shape index (κ3) is 7.65. The summed E-state index contributed by atoms with van der Waals surface area (Å²) in [7, 11) is 2.57. The monoisotopic (exact) mass is 794 g/mol. The van der Waals surface area contributed by atoms with Crippen molar-refractivity contribution in [2.45, 2.75) is 88.4 Å². The summed E-state index contributed by atoms with van der Waals surface area (Å²) in [6, 6.07) is 14.5. The number of carbonyl (C=O) groups excluding carboxylic acids is 4. The quantitative estimate of drug-likeness (QED) is 0.169. The van der Waals surface area contributed by atoms with Crippen LogP contribution in [-0.2, 0) is 28.5 Å². The van der Waals surface area contributed by atoms with Crippen molar-refractivity contribution < 1.29 is 38.1 Å². The molecule has 2 aromatic heterocycles. The third-order valence-electron chi connectivity index (χ3n) is 11.9. The van der Waals surface area contributed by atoms with Gasteiger partial charge in [-0.05, 0) is 60.3 Å². The molecule has 1 spiro atoms. The van der Waals surface area contributed by atoms with Gasteiger partial charge in [0.2, 0.25) is 11.8 Å². The summed E-state index contributed by atoms with van der Waals surface area (Å²) in [5.74, 6) is -0.119. The molecule has 0 radical (unpaired) electrons. The van der Waals surface area contributed by atoms with E-state index in [1.807, 2.05) is 37.1 Å². The summed E-state index contributed by atoms with van der Waals surface area (Å²) in [6.07, 6.45) is 6.75. The van der Waals surface area contributed by atoms with Crippen molar-refractivity contribution in [1.29, 1.82) is 0 Å². The van der Waals surface area contributed by atoms with Crippen molar-refractivity contribution in [2.24, 2.45) is 5.92 Å². The SMILES string of the molecule is COC(=O)N[C@H](C(=O)N1CC2(C[C@H]1c1ncc(-c3ccc(-c4ccc(-c5cnc([C@@H]6CC[C@@H]7CCC[C@@H](NC(=O)OC)C(=O)N76)[nH]5)cc4)cc3)[nH]1)OCCO2)C(C)C. The maximum Gasteiger partial charge on any atom is 0.407 e. The van der Waals surface area contributed by atoms with Gasteiger partial charge in [-0.15, -0.1) is 0 Å². The molecule has 2 aromatic carbocycles. The maximum atomic E-state index is 14.0. The highest BCUT2D eigenvalue weighted by Gasteiger charge is 2.53. The molecule has 4 amide bonds. The molecule has 58 heavy (non-hydrogen) atoms. The number of methoxy groups -OCH3 is 2. The Morgan fingerprint density at radius 3 is 1.93 bits per heavy atom. The summed E-state index contributed by atoms with van der Waals surface area (Å²) in [6.45, 7) is 4.84. The number of aromatic amines is 2. The minimum absolute atomic E-state index is 0.0855. The third-order valence-corrected chi connectivity index (χ3v) is 11.9. The lowest BCUT2D eigenvalue weighted by molar-refractivity contribution is -0.153. The Morgan fingerprint density at radius 2 is 1.36 bits per heavy atom. The van der Waals surface area contributed by atoms with Gasteiger partial charge in [-0.1, -0.05) is 62.4 Å². The van der Waals surface area contributed by atoms with Crippen LogP contribution < -0.4 is 10.6 Å². The Morgan fingerprint density at radius 1 is 0.793 bits per heavy atom. The Labute approximate surface area is 336 Å². The highest BCUT2D eigenvalue weighted by molar-refractivity contribution is 5.87. The van der Waals surface area contributed by atoms with Gasteiger partial charge in [0.25, 0.3) is 0 Å². The van der Waals surface area contributed by atoms with E-state index in [0.29, 0.717) is 31.9 Å². The second-order valence-electron chi connectivity index (χ2n) is 15.8. The van der Waals surface area contributed by atoms with Crippen molar-refractivity contribution in [3.63, 3.8) is 0 Å². The van der Waals surface area contributed by atoms with E-state index in [0.717, 1.165) is 65.1 Å². The van der Waals surface area contributed by atoms with Gasteiger partial charge in [0.15, 0.2) is 5.79 Å². The number of hydrogen-bond donors (Lipinski definition) is 4. The molecule has 6 heterocycles. The number of nitrogens with one attached hydrogen (secondary N) is 4. The standard InChI is InChI=1S/C42H50N8O8/c1-24(2)35(48-41(54)56-4)39(52)49-23-42(57-18-19-58-42)20-34(49)37-44-22-32(46-37)28-14-10-26(11-15-28)25-8-12-27(13-9-25)31-21-43-36(45-31)33-17-16-29-6-5-7-30(38(51)50(29)33)47-40(53)55-3/h8-15,21-22,24,29-30,33-35H,5-7,16-20,23H2,1-4H3,(H,43,45)(H,44,46)(H,47,53)(H,48,54)/t29-,30+,33-,34-,35-/m0/s1. The number of carbonyl (C=O) groups is 4. The van der Waals surface area contributed by atoms with Gasteiger partial charge in [0, 0.05) is 12.5 Å². The van der Waals surface area contributed by atoms with Gasteiger partial charge in [0.05, 0.1) is 69.8 Å². The van der Waals surface area contributed by atoms with Crippen molar-refractivity contribution >= 4 is 24.0 Å². The molecule has 5 atom stereocenters. The van der Waals surface area contributed by atoms with E-state index in [1.54, 1.807) is 11.1 Å². The van der Waals surface area contributed by atoms with Crippen LogP contribution in [0, 0.1) is 5.92 Å². The summed E-state index contributed by atoms with van der Waals surface area (Å²) in [5.41, 5.74) is 5.64. The van der Waals surface area contributed by atoms with E-state index in [1.165, 1.54) is 14.2 Å². The van der Waals surface area contributed by atoms with E-state index in [2.05, 4.69) is 57.0 Å². The van der Waals surface area contributed by atoms with Crippen molar-refractivity contribution in [1.82, 2.24) is 40.4 Å². The Bertz CT molecular complexity index is 2130. The zero-order valence-electron chi connectivity index (χ0n) is 33.2. The van der Waals surface area contributed by atoms with Crippen LogP contribution in [0.5, 0.6) is 0 Å². The lowest BCUT2D eigenvalue weighted by atomic mass is 10.0. The minimum Gasteiger partial charge on any atom is -0.453 e. The van der Waals surface area contributed by atoms with Crippen LogP contribution in [0.2, 0.25) is 0 Å². The number of rotatable bonds is 9. The number of alkyl carbamates (subject to hydrolysis) is 2. The van der Waals surface area contributed by atoms with Crippen LogP contribution in [0.25, 0.3) is 33.6 Å². The number of amides is 4. The molecule has 4 N–H and O–H groups in total. The smallest absolute Gasteiger partial charge is 0.407 e. The highest BCUT2D eigenvalue weighted by atomic mass is 16.7. The van der Waals surface area contributed by atoms with Gasteiger partial charge in [-0.3, -0.25) is 9.59 Å².